The van der Waals surface area contributed by atoms with Gasteiger partial charge in [-0.1, -0.05) is 27.7 Å². The highest BCUT2D eigenvalue weighted by Gasteiger charge is 2.30. The minimum absolute atomic E-state index is 0.0149. The maximum atomic E-state index is 12.6. The maximum Gasteiger partial charge on any atom is 0.230 e. The second kappa shape index (κ2) is 5.94. The average Bonchev–Trinajstić information content (AvgIpc) is 2.81. The van der Waals surface area contributed by atoms with Crippen LogP contribution >= 0.6 is 0 Å². The molecule has 2 aromatic rings. The molecule has 1 atom stereocenters. The van der Waals surface area contributed by atoms with E-state index in [2.05, 4.69) is 41.7 Å². The number of carbonyl (C=O) groups is 1. The molecule has 1 aliphatic carbocycles. The van der Waals surface area contributed by atoms with E-state index in [4.69, 9.17) is 5.26 Å². The van der Waals surface area contributed by atoms with Crippen LogP contribution in [-0.4, -0.2) is 15.5 Å². The SMILES string of the molecule is CC(C(=O)Nc1nc2ccc(C#N)cc2n1C1CCC1)C(C)(C)C. The van der Waals surface area contributed by atoms with Gasteiger partial charge in [-0.25, -0.2) is 4.98 Å². The number of fused-ring (bicyclic) bond motifs is 1. The Kier molecular flexibility index (Phi) is 4.08. The molecule has 24 heavy (non-hydrogen) atoms. The Morgan fingerprint density at radius 1 is 1.42 bits per heavy atom. The smallest absolute Gasteiger partial charge is 0.230 e. The van der Waals surface area contributed by atoms with Crippen LogP contribution in [0.15, 0.2) is 18.2 Å². The summed E-state index contributed by atoms with van der Waals surface area (Å²) in [5, 5.41) is 12.2. The standard InChI is InChI=1S/C19H24N4O/c1-12(19(2,3)4)17(24)22-18-21-15-9-8-13(11-20)10-16(15)23(18)14-6-5-7-14/h8-10,12,14H,5-7H2,1-4H3,(H,21,22,24). The molecule has 126 valence electrons. The summed E-state index contributed by atoms with van der Waals surface area (Å²) in [7, 11) is 0. The van der Waals surface area contributed by atoms with Crippen LogP contribution in [0.5, 0.6) is 0 Å². The summed E-state index contributed by atoms with van der Waals surface area (Å²) in [6.45, 7) is 8.13. The third-order valence-electron chi connectivity index (χ3n) is 5.19. The molecule has 0 radical (unpaired) electrons. The minimum Gasteiger partial charge on any atom is -0.307 e. The van der Waals surface area contributed by atoms with Crippen LogP contribution in [0.1, 0.15) is 58.6 Å². The van der Waals surface area contributed by atoms with Crippen molar-refractivity contribution in [1.82, 2.24) is 9.55 Å². The predicted octanol–water partition coefficient (Wildman–Crippen LogP) is 4.25. The van der Waals surface area contributed by atoms with Crippen LogP contribution in [0.4, 0.5) is 5.95 Å². The van der Waals surface area contributed by atoms with Crippen molar-refractivity contribution in [3.8, 4) is 6.07 Å². The molecule has 1 aromatic heterocycles. The van der Waals surface area contributed by atoms with Crippen LogP contribution in [0.25, 0.3) is 11.0 Å². The summed E-state index contributed by atoms with van der Waals surface area (Å²) in [5.41, 5.74) is 2.26. The van der Waals surface area contributed by atoms with Crippen molar-refractivity contribution in [1.29, 1.82) is 5.26 Å². The van der Waals surface area contributed by atoms with E-state index in [0.717, 1.165) is 23.9 Å². The summed E-state index contributed by atoms with van der Waals surface area (Å²) in [6.07, 6.45) is 3.36. The van der Waals surface area contributed by atoms with Gasteiger partial charge in [-0.05, 0) is 42.9 Å². The molecule has 1 saturated carbocycles. The van der Waals surface area contributed by atoms with Crippen LogP contribution in [-0.2, 0) is 4.79 Å². The Bertz CT molecular complexity index is 818. The molecule has 0 bridgehead atoms. The molecule has 1 unspecified atom stereocenters. The van der Waals surface area contributed by atoms with Gasteiger partial charge in [0.1, 0.15) is 0 Å². The van der Waals surface area contributed by atoms with Gasteiger partial charge < -0.3 is 4.57 Å². The molecule has 0 saturated heterocycles. The minimum atomic E-state index is -0.123. The van der Waals surface area contributed by atoms with Crippen molar-refractivity contribution in [2.45, 2.75) is 53.0 Å². The molecule has 1 aromatic carbocycles. The average molecular weight is 324 g/mol. The van der Waals surface area contributed by atoms with E-state index in [1.54, 1.807) is 6.07 Å². The largest absolute Gasteiger partial charge is 0.307 e. The number of hydrogen-bond donors (Lipinski definition) is 1. The first kappa shape index (κ1) is 16.5. The lowest BCUT2D eigenvalue weighted by Gasteiger charge is -2.30. The van der Waals surface area contributed by atoms with Gasteiger partial charge in [-0.2, -0.15) is 5.26 Å². The fraction of sp³-hybridized carbons (Fsp3) is 0.526. The molecule has 1 aliphatic rings. The lowest BCUT2D eigenvalue weighted by Crippen LogP contribution is -2.32. The van der Waals surface area contributed by atoms with E-state index in [1.807, 2.05) is 19.1 Å². The number of imidazole rings is 1. The van der Waals surface area contributed by atoms with E-state index in [0.29, 0.717) is 17.6 Å². The topological polar surface area (TPSA) is 70.7 Å². The van der Waals surface area contributed by atoms with Gasteiger partial charge in [0.25, 0.3) is 0 Å². The summed E-state index contributed by atoms with van der Waals surface area (Å²) in [5.74, 6) is 0.464. The first-order valence-electron chi connectivity index (χ1n) is 8.54. The first-order valence-corrected chi connectivity index (χ1v) is 8.54. The van der Waals surface area contributed by atoms with Crippen LogP contribution in [0, 0.1) is 22.7 Å². The fourth-order valence-corrected chi connectivity index (χ4v) is 2.88. The highest BCUT2D eigenvalue weighted by molar-refractivity contribution is 5.93. The third kappa shape index (κ3) is 2.89. The second-order valence-electron chi connectivity index (χ2n) is 7.78. The number of rotatable bonds is 3. The number of nitrogens with zero attached hydrogens (tertiary/aromatic N) is 3. The van der Waals surface area contributed by atoms with Gasteiger partial charge in [0, 0.05) is 12.0 Å². The predicted molar refractivity (Wildman–Crippen MR) is 94.6 cm³/mol. The number of anilines is 1. The van der Waals surface area contributed by atoms with Crippen LogP contribution in [0.3, 0.4) is 0 Å². The normalized spacial score (nSPS) is 16.5. The zero-order valence-electron chi connectivity index (χ0n) is 14.8. The monoisotopic (exact) mass is 324 g/mol. The lowest BCUT2D eigenvalue weighted by molar-refractivity contribution is -0.122. The van der Waals surface area contributed by atoms with Crippen molar-refractivity contribution in [3.63, 3.8) is 0 Å². The van der Waals surface area contributed by atoms with Crippen molar-refractivity contribution in [2.24, 2.45) is 11.3 Å². The molecule has 1 amide bonds. The van der Waals surface area contributed by atoms with Gasteiger partial charge >= 0.3 is 0 Å². The van der Waals surface area contributed by atoms with Crippen LogP contribution in [0.2, 0.25) is 0 Å². The Morgan fingerprint density at radius 3 is 2.67 bits per heavy atom. The lowest BCUT2D eigenvalue weighted by atomic mass is 9.81. The molecule has 1 N–H and O–H groups in total. The number of nitriles is 1. The van der Waals surface area contributed by atoms with Gasteiger partial charge in [-0.15, -0.1) is 0 Å². The molecule has 1 fully saturated rings. The number of amides is 1. The first-order chi connectivity index (χ1) is 11.3. The van der Waals surface area contributed by atoms with E-state index < -0.39 is 0 Å². The number of carbonyl (C=O) groups excluding carboxylic acids is 1. The second-order valence-corrected chi connectivity index (χ2v) is 7.78. The molecule has 5 heteroatoms. The summed E-state index contributed by atoms with van der Waals surface area (Å²) < 4.78 is 2.10. The van der Waals surface area contributed by atoms with E-state index in [-0.39, 0.29) is 17.2 Å². The van der Waals surface area contributed by atoms with Crippen molar-refractivity contribution >= 4 is 22.9 Å². The van der Waals surface area contributed by atoms with E-state index in [1.165, 1.54) is 6.42 Å². The Morgan fingerprint density at radius 2 is 2.12 bits per heavy atom. The summed E-state index contributed by atoms with van der Waals surface area (Å²) in [6, 6.07) is 8.02. The molecule has 5 nitrogen and oxygen atoms in total. The van der Waals surface area contributed by atoms with Crippen molar-refractivity contribution < 1.29 is 4.79 Å². The van der Waals surface area contributed by atoms with Gasteiger partial charge in [0.2, 0.25) is 11.9 Å². The van der Waals surface area contributed by atoms with Gasteiger partial charge in [0.05, 0.1) is 22.7 Å². The van der Waals surface area contributed by atoms with E-state index in [9.17, 15) is 4.79 Å². The van der Waals surface area contributed by atoms with E-state index >= 15 is 0 Å². The van der Waals surface area contributed by atoms with Gasteiger partial charge in [-0.3, -0.25) is 10.1 Å². The van der Waals surface area contributed by atoms with Crippen molar-refractivity contribution in [3.05, 3.63) is 23.8 Å². The van der Waals surface area contributed by atoms with Gasteiger partial charge in [0.15, 0.2) is 0 Å². The number of benzene rings is 1. The molecule has 1 heterocycles. The maximum absolute atomic E-state index is 12.6. The van der Waals surface area contributed by atoms with Crippen molar-refractivity contribution in [2.75, 3.05) is 5.32 Å². The fourth-order valence-electron chi connectivity index (χ4n) is 2.88. The highest BCUT2D eigenvalue weighted by Crippen LogP contribution is 2.37. The Balaban J connectivity index is 2.01. The molecule has 3 rings (SSSR count). The summed E-state index contributed by atoms with van der Waals surface area (Å²) in [4.78, 5) is 17.2. The molecule has 0 spiro atoms. The zero-order chi connectivity index (χ0) is 17.5. The van der Waals surface area contributed by atoms with Crippen LogP contribution < -0.4 is 5.32 Å². The zero-order valence-corrected chi connectivity index (χ0v) is 14.8. The third-order valence-corrected chi connectivity index (χ3v) is 5.19. The Hall–Kier alpha value is -2.35. The Labute approximate surface area is 142 Å². The quantitative estimate of drug-likeness (QED) is 0.917. The molecular formula is C19H24N4O. The number of hydrogen-bond acceptors (Lipinski definition) is 3. The molecular weight excluding hydrogens is 300 g/mol. The highest BCUT2D eigenvalue weighted by atomic mass is 16.2. The number of nitrogens with one attached hydrogen (secondary N) is 1. The number of aromatic nitrogens is 2. The molecule has 0 aliphatic heterocycles. The summed E-state index contributed by atoms with van der Waals surface area (Å²) >= 11 is 0.